The van der Waals surface area contributed by atoms with Gasteiger partial charge in [-0.2, -0.15) is 0 Å². The number of hydrogen-bond donors (Lipinski definition) is 1. The van der Waals surface area contributed by atoms with E-state index in [0.717, 1.165) is 6.42 Å². The third-order valence-corrected chi connectivity index (χ3v) is 3.19. The first-order valence-electron chi connectivity index (χ1n) is 6.35. The molecule has 1 aromatic carbocycles. The smallest absolute Gasteiger partial charge is 0.168 e. The van der Waals surface area contributed by atoms with Gasteiger partial charge in [0.2, 0.25) is 0 Å². The summed E-state index contributed by atoms with van der Waals surface area (Å²) < 4.78 is 18.8. The quantitative estimate of drug-likeness (QED) is 0.870. The molecule has 2 nitrogen and oxygen atoms in total. The van der Waals surface area contributed by atoms with Crippen molar-refractivity contribution in [3.05, 3.63) is 29.6 Å². The second-order valence-corrected chi connectivity index (χ2v) is 5.71. The Balaban J connectivity index is 2.55. The van der Waals surface area contributed by atoms with Gasteiger partial charge in [0.15, 0.2) is 11.6 Å². The fourth-order valence-corrected chi connectivity index (χ4v) is 1.83. The first kappa shape index (κ1) is 15.0. The number of aliphatic hydroxyl groups excluding tert-OH is 1. The summed E-state index contributed by atoms with van der Waals surface area (Å²) >= 11 is 0. The summed E-state index contributed by atoms with van der Waals surface area (Å²) in [6, 6.07) is 5.17. The van der Waals surface area contributed by atoms with E-state index in [9.17, 15) is 9.50 Å². The van der Waals surface area contributed by atoms with E-state index in [4.69, 9.17) is 4.74 Å². The van der Waals surface area contributed by atoms with Crippen molar-refractivity contribution in [3.8, 4) is 5.75 Å². The first-order chi connectivity index (χ1) is 8.36. The number of rotatable bonds is 5. The van der Waals surface area contributed by atoms with E-state index in [1.165, 1.54) is 7.11 Å². The Morgan fingerprint density at radius 1 is 1.33 bits per heavy atom. The third-order valence-electron chi connectivity index (χ3n) is 3.19. The van der Waals surface area contributed by atoms with Crippen LogP contribution in [0.1, 0.15) is 39.2 Å². The summed E-state index contributed by atoms with van der Waals surface area (Å²) in [7, 11) is 1.46. The minimum atomic E-state index is -0.355. The molecule has 1 atom stereocenters. The summed E-state index contributed by atoms with van der Waals surface area (Å²) in [5, 5.41) is 9.92. The molecule has 0 heterocycles. The van der Waals surface area contributed by atoms with Crippen molar-refractivity contribution in [1.29, 1.82) is 0 Å². The zero-order valence-electron chi connectivity index (χ0n) is 11.7. The van der Waals surface area contributed by atoms with Gasteiger partial charge in [0.1, 0.15) is 0 Å². The molecule has 1 unspecified atom stereocenters. The molecule has 1 rings (SSSR count). The summed E-state index contributed by atoms with van der Waals surface area (Å²) in [6.07, 6.45) is 1.71. The fraction of sp³-hybridized carbons (Fsp3) is 0.600. The maximum atomic E-state index is 13.8. The second-order valence-electron chi connectivity index (χ2n) is 5.71. The second kappa shape index (κ2) is 6.19. The molecule has 0 saturated heterocycles. The zero-order chi connectivity index (χ0) is 13.8. The van der Waals surface area contributed by atoms with Gasteiger partial charge >= 0.3 is 0 Å². The Kier molecular flexibility index (Phi) is 5.15. The van der Waals surface area contributed by atoms with E-state index < -0.39 is 0 Å². The molecule has 1 N–H and O–H groups in total. The van der Waals surface area contributed by atoms with E-state index in [1.54, 1.807) is 18.2 Å². The van der Waals surface area contributed by atoms with Crippen LogP contribution in [-0.2, 0) is 6.42 Å². The Bertz CT molecular complexity index is 383. The van der Waals surface area contributed by atoms with Gasteiger partial charge in [0, 0.05) is 0 Å². The van der Waals surface area contributed by atoms with Gasteiger partial charge in [0.25, 0.3) is 0 Å². The van der Waals surface area contributed by atoms with Gasteiger partial charge < -0.3 is 9.84 Å². The molecule has 0 spiro atoms. The molecule has 102 valence electrons. The van der Waals surface area contributed by atoms with Crippen LogP contribution in [0.2, 0.25) is 0 Å². The van der Waals surface area contributed by atoms with Crippen LogP contribution < -0.4 is 4.74 Å². The van der Waals surface area contributed by atoms with Crippen molar-refractivity contribution in [3.63, 3.8) is 0 Å². The van der Waals surface area contributed by atoms with Crippen LogP contribution in [0.3, 0.4) is 0 Å². The van der Waals surface area contributed by atoms with Crippen molar-refractivity contribution < 1.29 is 14.2 Å². The third kappa shape index (κ3) is 3.98. The number of methoxy groups -OCH3 is 1. The van der Waals surface area contributed by atoms with E-state index in [2.05, 4.69) is 0 Å². The van der Waals surface area contributed by atoms with Crippen LogP contribution in [0.15, 0.2) is 18.2 Å². The molecule has 0 aliphatic heterocycles. The van der Waals surface area contributed by atoms with E-state index in [0.29, 0.717) is 18.4 Å². The number of benzene rings is 1. The molecule has 18 heavy (non-hydrogen) atoms. The van der Waals surface area contributed by atoms with Crippen LogP contribution in [0.4, 0.5) is 4.39 Å². The van der Waals surface area contributed by atoms with Crippen LogP contribution >= 0.6 is 0 Å². The molecule has 0 saturated carbocycles. The predicted octanol–water partition coefficient (Wildman–Crippen LogP) is 3.56. The molecule has 0 aliphatic carbocycles. The molecular formula is C15H23FO2. The highest BCUT2D eigenvalue weighted by Crippen LogP contribution is 2.25. The highest BCUT2D eigenvalue weighted by Gasteiger charge is 2.21. The van der Waals surface area contributed by atoms with Gasteiger partial charge in [-0.3, -0.25) is 0 Å². The molecule has 0 radical (unpaired) electrons. The molecule has 0 amide bonds. The minimum absolute atomic E-state index is 0.118. The monoisotopic (exact) mass is 254 g/mol. The normalized spacial score (nSPS) is 13.4. The number of aliphatic hydroxyl groups is 1. The number of hydrogen-bond acceptors (Lipinski definition) is 2. The lowest BCUT2D eigenvalue weighted by atomic mass is 9.86. The molecule has 0 aliphatic rings. The average Bonchev–Trinajstić information content (AvgIpc) is 2.30. The molecule has 0 aromatic heterocycles. The largest absolute Gasteiger partial charge is 0.494 e. The highest BCUT2D eigenvalue weighted by molar-refractivity contribution is 5.31. The average molecular weight is 254 g/mol. The van der Waals surface area contributed by atoms with Gasteiger partial charge in [-0.15, -0.1) is 0 Å². The maximum absolute atomic E-state index is 13.8. The fourth-order valence-electron chi connectivity index (χ4n) is 1.83. The Hall–Kier alpha value is -1.09. The lowest BCUT2D eigenvalue weighted by molar-refractivity contribution is 0.0540. The van der Waals surface area contributed by atoms with Gasteiger partial charge in [-0.1, -0.05) is 32.9 Å². The summed E-state index contributed by atoms with van der Waals surface area (Å²) in [6.45, 7) is 6.01. The number of halogens is 1. The van der Waals surface area contributed by atoms with Crippen molar-refractivity contribution in [2.45, 2.75) is 46.1 Å². The molecule has 3 heteroatoms. The highest BCUT2D eigenvalue weighted by atomic mass is 19.1. The molecule has 0 fully saturated rings. The predicted molar refractivity (Wildman–Crippen MR) is 71.4 cm³/mol. The van der Waals surface area contributed by atoms with Gasteiger partial charge in [-0.25, -0.2) is 4.39 Å². The van der Waals surface area contributed by atoms with Gasteiger partial charge in [-0.05, 0) is 36.3 Å². The number of ether oxygens (including phenoxy) is 1. The Labute approximate surface area is 109 Å². The van der Waals surface area contributed by atoms with Crippen LogP contribution in [0.25, 0.3) is 0 Å². The lowest BCUT2D eigenvalue weighted by Gasteiger charge is -2.25. The Morgan fingerprint density at radius 3 is 2.56 bits per heavy atom. The molecule has 0 bridgehead atoms. The lowest BCUT2D eigenvalue weighted by Crippen LogP contribution is -2.25. The van der Waals surface area contributed by atoms with E-state index in [-0.39, 0.29) is 23.1 Å². The molecular weight excluding hydrogens is 231 g/mol. The van der Waals surface area contributed by atoms with Crippen LogP contribution in [0, 0.1) is 11.2 Å². The minimum Gasteiger partial charge on any atom is -0.494 e. The standard InChI is InChI=1S/C15H23FO2/c1-15(2,3)13(17)10-6-8-11-7-5-9-12(18-4)14(11)16/h5,7,9,13,17H,6,8,10H2,1-4H3. The molecule has 1 aromatic rings. The van der Waals surface area contributed by atoms with E-state index >= 15 is 0 Å². The van der Waals surface area contributed by atoms with Crippen molar-refractivity contribution >= 4 is 0 Å². The summed E-state index contributed by atoms with van der Waals surface area (Å²) in [5.41, 5.74) is 0.530. The summed E-state index contributed by atoms with van der Waals surface area (Å²) in [4.78, 5) is 0. The van der Waals surface area contributed by atoms with Gasteiger partial charge in [0.05, 0.1) is 13.2 Å². The van der Waals surface area contributed by atoms with Crippen molar-refractivity contribution in [2.75, 3.05) is 7.11 Å². The summed E-state index contributed by atoms with van der Waals surface area (Å²) in [5.74, 6) is -0.00545. The topological polar surface area (TPSA) is 29.5 Å². The number of aryl methyl sites for hydroxylation is 1. The van der Waals surface area contributed by atoms with E-state index in [1.807, 2.05) is 20.8 Å². The maximum Gasteiger partial charge on any atom is 0.168 e. The van der Waals surface area contributed by atoms with Crippen LogP contribution in [0.5, 0.6) is 5.75 Å². The Morgan fingerprint density at radius 2 is 2.00 bits per heavy atom. The SMILES string of the molecule is COc1cccc(CCCC(O)C(C)(C)C)c1F. The first-order valence-corrected chi connectivity index (χ1v) is 6.35. The van der Waals surface area contributed by atoms with Crippen molar-refractivity contribution in [1.82, 2.24) is 0 Å². The zero-order valence-corrected chi connectivity index (χ0v) is 11.7. The van der Waals surface area contributed by atoms with Crippen LogP contribution in [-0.4, -0.2) is 18.3 Å². The van der Waals surface area contributed by atoms with Crippen molar-refractivity contribution in [2.24, 2.45) is 5.41 Å².